The van der Waals surface area contributed by atoms with Crippen LogP contribution in [0.1, 0.15) is 18.0 Å². The molecule has 0 radical (unpaired) electrons. The van der Waals surface area contributed by atoms with Gasteiger partial charge in [0.25, 0.3) is 0 Å². The van der Waals surface area contributed by atoms with Crippen molar-refractivity contribution >= 4 is 22.0 Å². The Morgan fingerprint density at radius 3 is 2.94 bits per heavy atom. The van der Waals surface area contributed by atoms with Crippen molar-refractivity contribution in [2.45, 2.75) is 12.5 Å². The Kier molecular flexibility index (Phi) is 4.24. The van der Waals surface area contributed by atoms with Gasteiger partial charge in [-0.15, -0.1) is 0 Å². The molecule has 0 bridgehead atoms. The number of carbonyl (C=O) groups excluding carboxylic acids is 1. The molecular weight excluding hydrogens is 296 g/mol. The summed E-state index contributed by atoms with van der Waals surface area (Å²) in [7, 11) is 1.83. The molecule has 5 heteroatoms. The van der Waals surface area contributed by atoms with Crippen LogP contribution in [-0.2, 0) is 0 Å². The average molecular weight is 313 g/mol. The molecule has 18 heavy (non-hydrogen) atoms. The highest BCUT2D eigenvalue weighted by Gasteiger charge is 2.34. The minimum atomic E-state index is 0.0356. The molecule has 1 fully saturated rings. The molecule has 1 aliphatic rings. The van der Waals surface area contributed by atoms with E-state index in [-0.39, 0.29) is 18.7 Å². The highest BCUT2D eigenvalue weighted by Crippen LogP contribution is 2.29. The lowest BCUT2D eigenvalue weighted by molar-refractivity contribution is 0.191. The summed E-state index contributed by atoms with van der Waals surface area (Å²) >= 11 is 3.45. The number of hydrogen-bond acceptors (Lipinski definition) is 2. The Balaban J connectivity index is 2.13. The predicted molar refractivity (Wildman–Crippen MR) is 73.3 cm³/mol. The van der Waals surface area contributed by atoms with Crippen molar-refractivity contribution in [1.82, 2.24) is 9.80 Å². The van der Waals surface area contributed by atoms with Gasteiger partial charge in [-0.1, -0.05) is 28.1 Å². The molecule has 4 nitrogen and oxygen atoms in total. The lowest BCUT2D eigenvalue weighted by atomic mass is 10.1. The second-order valence-corrected chi connectivity index (χ2v) is 5.40. The van der Waals surface area contributed by atoms with Crippen LogP contribution < -0.4 is 0 Å². The molecule has 1 unspecified atom stereocenters. The minimum Gasteiger partial charge on any atom is -0.396 e. The van der Waals surface area contributed by atoms with E-state index >= 15 is 0 Å². The first-order valence-corrected chi connectivity index (χ1v) is 6.81. The van der Waals surface area contributed by atoms with Gasteiger partial charge in [-0.05, 0) is 24.1 Å². The molecular formula is C13H17BrN2O2. The summed E-state index contributed by atoms with van der Waals surface area (Å²) < 4.78 is 1.02. The predicted octanol–water partition coefficient (Wildman–Crippen LogP) is 2.24. The van der Waals surface area contributed by atoms with Crippen LogP contribution in [0.5, 0.6) is 0 Å². The van der Waals surface area contributed by atoms with Crippen LogP contribution in [0.3, 0.4) is 0 Å². The van der Waals surface area contributed by atoms with Crippen molar-refractivity contribution in [3.63, 3.8) is 0 Å². The number of amides is 2. The fourth-order valence-corrected chi connectivity index (χ4v) is 2.67. The summed E-state index contributed by atoms with van der Waals surface area (Å²) in [4.78, 5) is 15.6. The van der Waals surface area contributed by atoms with Gasteiger partial charge < -0.3 is 14.9 Å². The number of carbonyl (C=O) groups is 1. The summed E-state index contributed by atoms with van der Waals surface area (Å²) in [5, 5.41) is 8.84. The van der Waals surface area contributed by atoms with E-state index < -0.39 is 0 Å². The zero-order valence-electron chi connectivity index (χ0n) is 10.3. The van der Waals surface area contributed by atoms with Crippen LogP contribution in [0.2, 0.25) is 0 Å². The van der Waals surface area contributed by atoms with Crippen molar-refractivity contribution < 1.29 is 9.90 Å². The number of halogens is 1. The molecule has 0 aromatic heterocycles. The average Bonchev–Trinajstić information content (AvgIpc) is 2.64. The fraction of sp³-hybridized carbons (Fsp3) is 0.462. The van der Waals surface area contributed by atoms with E-state index in [4.69, 9.17) is 5.11 Å². The van der Waals surface area contributed by atoms with Gasteiger partial charge in [-0.25, -0.2) is 4.79 Å². The molecule has 1 atom stereocenters. The quantitative estimate of drug-likeness (QED) is 0.926. The molecule has 98 valence electrons. The Hall–Kier alpha value is -1.07. The second-order valence-electron chi connectivity index (χ2n) is 4.49. The molecule has 0 aliphatic carbocycles. The molecule has 1 heterocycles. The van der Waals surface area contributed by atoms with Crippen molar-refractivity contribution in [1.29, 1.82) is 0 Å². The van der Waals surface area contributed by atoms with E-state index in [2.05, 4.69) is 15.9 Å². The largest absolute Gasteiger partial charge is 0.396 e. The number of urea groups is 1. The minimum absolute atomic E-state index is 0.0356. The van der Waals surface area contributed by atoms with Crippen LogP contribution in [0.4, 0.5) is 4.79 Å². The lowest BCUT2D eigenvalue weighted by Gasteiger charge is -2.18. The van der Waals surface area contributed by atoms with Crippen LogP contribution in [0, 0.1) is 0 Å². The molecule has 2 amide bonds. The number of benzene rings is 1. The molecule has 1 aromatic rings. The molecule has 1 aliphatic heterocycles. The molecule has 0 saturated carbocycles. The maximum atomic E-state index is 12.0. The van der Waals surface area contributed by atoms with Gasteiger partial charge in [-0.2, -0.15) is 0 Å². The standard InChI is InChI=1S/C13H17BrN2O2/c1-15-12(10-4-2-5-11(14)8-10)9-16(13(15)18)6-3-7-17/h2,4-5,8,12,17H,3,6-7,9H2,1H3. The third-order valence-electron chi connectivity index (χ3n) is 3.25. The highest BCUT2D eigenvalue weighted by molar-refractivity contribution is 9.10. The Bertz CT molecular complexity index is 439. The van der Waals surface area contributed by atoms with Crippen LogP contribution in [0.25, 0.3) is 0 Å². The summed E-state index contributed by atoms with van der Waals surface area (Å²) in [6, 6.07) is 8.17. The van der Waals surface area contributed by atoms with Crippen LogP contribution in [0.15, 0.2) is 28.7 Å². The third kappa shape index (κ3) is 2.67. The first kappa shape index (κ1) is 13.4. The van der Waals surface area contributed by atoms with E-state index in [9.17, 15) is 4.79 Å². The van der Waals surface area contributed by atoms with Gasteiger partial charge in [0.1, 0.15) is 0 Å². The maximum absolute atomic E-state index is 12.0. The van der Waals surface area contributed by atoms with E-state index in [1.165, 1.54) is 0 Å². The number of aliphatic hydroxyl groups excluding tert-OH is 1. The summed E-state index contributed by atoms with van der Waals surface area (Å²) in [5.41, 5.74) is 1.13. The van der Waals surface area contributed by atoms with E-state index in [1.807, 2.05) is 31.3 Å². The summed E-state index contributed by atoms with van der Waals surface area (Å²) in [6.45, 7) is 1.42. The zero-order valence-corrected chi connectivity index (χ0v) is 11.9. The lowest BCUT2D eigenvalue weighted by Crippen LogP contribution is -2.30. The van der Waals surface area contributed by atoms with Gasteiger partial charge >= 0.3 is 6.03 Å². The van der Waals surface area contributed by atoms with Crippen LogP contribution >= 0.6 is 15.9 Å². The molecule has 0 spiro atoms. The van der Waals surface area contributed by atoms with Gasteiger partial charge in [0.2, 0.25) is 0 Å². The topological polar surface area (TPSA) is 43.8 Å². The zero-order chi connectivity index (χ0) is 13.1. The van der Waals surface area contributed by atoms with Gasteiger partial charge in [0.05, 0.1) is 6.04 Å². The molecule has 1 N–H and O–H groups in total. The molecule has 2 rings (SSSR count). The normalized spacial score (nSPS) is 19.7. The molecule has 1 aromatic carbocycles. The van der Waals surface area contributed by atoms with Crippen molar-refractivity contribution in [3.05, 3.63) is 34.3 Å². The first-order chi connectivity index (χ1) is 8.63. The molecule has 1 saturated heterocycles. The van der Waals surface area contributed by atoms with Crippen LogP contribution in [-0.4, -0.2) is 47.7 Å². The number of rotatable bonds is 4. The maximum Gasteiger partial charge on any atom is 0.320 e. The smallest absolute Gasteiger partial charge is 0.320 e. The number of hydrogen-bond donors (Lipinski definition) is 1. The van der Waals surface area contributed by atoms with Gasteiger partial charge in [0, 0.05) is 31.2 Å². The third-order valence-corrected chi connectivity index (χ3v) is 3.75. The monoisotopic (exact) mass is 312 g/mol. The fourth-order valence-electron chi connectivity index (χ4n) is 2.26. The second kappa shape index (κ2) is 5.71. The van der Waals surface area contributed by atoms with Gasteiger partial charge in [-0.3, -0.25) is 0 Å². The first-order valence-electron chi connectivity index (χ1n) is 6.01. The number of nitrogens with zero attached hydrogens (tertiary/aromatic N) is 2. The SMILES string of the molecule is CN1C(=O)N(CCCO)CC1c1cccc(Br)c1. The van der Waals surface area contributed by atoms with Crippen molar-refractivity contribution in [2.24, 2.45) is 0 Å². The number of likely N-dealkylation sites (N-methyl/N-ethyl adjacent to an activating group) is 1. The van der Waals surface area contributed by atoms with Gasteiger partial charge in [0.15, 0.2) is 0 Å². The Morgan fingerprint density at radius 2 is 2.28 bits per heavy atom. The van der Waals surface area contributed by atoms with Crippen molar-refractivity contribution in [3.8, 4) is 0 Å². The van der Waals surface area contributed by atoms with Crippen molar-refractivity contribution in [2.75, 3.05) is 26.7 Å². The van der Waals surface area contributed by atoms with E-state index in [0.717, 1.165) is 10.0 Å². The summed E-state index contributed by atoms with van der Waals surface area (Å²) in [5.74, 6) is 0. The summed E-state index contributed by atoms with van der Waals surface area (Å²) in [6.07, 6.45) is 0.630. The Morgan fingerprint density at radius 1 is 1.50 bits per heavy atom. The van der Waals surface area contributed by atoms with E-state index in [1.54, 1.807) is 9.80 Å². The van der Waals surface area contributed by atoms with E-state index in [0.29, 0.717) is 19.5 Å². The number of aliphatic hydroxyl groups is 1. The highest BCUT2D eigenvalue weighted by atomic mass is 79.9. The Labute approximate surface area is 115 Å².